The molecule has 1 aliphatic heterocycles. The maximum absolute atomic E-state index is 12.4. The third kappa shape index (κ3) is 3.00. The first-order valence-electron chi connectivity index (χ1n) is 8.94. The van der Waals surface area contributed by atoms with Crippen molar-refractivity contribution in [3.63, 3.8) is 0 Å². The van der Waals surface area contributed by atoms with E-state index in [0.29, 0.717) is 19.1 Å². The van der Waals surface area contributed by atoms with Gasteiger partial charge in [0.05, 0.1) is 24.4 Å². The van der Waals surface area contributed by atoms with Crippen LogP contribution in [0, 0.1) is 11.8 Å². The Morgan fingerprint density at radius 3 is 3.04 bits per heavy atom. The quantitative estimate of drug-likeness (QED) is 0.843. The number of aromatic nitrogens is 3. The molecule has 1 aliphatic carbocycles. The van der Waals surface area contributed by atoms with Crippen LogP contribution in [0.2, 0.25) is 0 Å². The molecule has 6 nitrogen and oxygen atoms in total. The van der Waals surface area contributed by atoms with Gasteiger partial charge in [-0.3, -0.25) is 9.48 Å². The van der Waals surface area contributed by atoms with Gasteiger partial charge in [0, 0.05) is 36.3 Å². The first kappa shape index (κ1) is 16.7. The van der Waals surface area contributed by atoms with Crippen molar-refractivity contribution < 1.29 is 9.53 Å². The summed E-state index contributed by atoms with van der Waals surface area (Å²) in [7, 11) is 2.00. The van der Waals surface area contributed by atoms with E-state index in [-0.39, 0.29) is 11.8 Å². The molecule has 25 heavy (non-hydrogen) atoms. The second-order valence-electron chi connectivity index (χ2n) is 7.31. The molecule has 2 aliphatic rings. The Morgan fingerprint density at radius 1 is 1.48 bits per heavy atom. The Labute approximate surface area is 151 Å². The molecule has 0 aromatic carbocycles. The monoisotopic (exact) mass is 360 g/mol. The number of carbonyl (C=O) groups excluding carboxylic acids is 1. The van der Waals surface area contributed by atoms with E-state index in [0.717, 1.165) is 30.6 Å². The molecular weight excluding hydrogens is 336 g/mol. The molecule has 0 saturated carbocycles. The predicted molar refractivity (Wildman–Crippen MR) is 96.3 cm³/mol. The molecule has 1 amide bonds. The summed E-state index contributed by atoms with van der Waals surface area (Å²) in [6.45, 7) is 6.53. The van der Waals surface area contributed by atoms with Gasteiger partial charge in [0.2, 0.25) is 0 Å². The predicted octanol–water partition coefficient (Wildman–Crippen LogP) is 2.17. The van der Waals surface area contributed by atoms with Crippen molar-refractivity contribution in [3.8, 4) is 11.3 Å². The van der Waals surface area contributed by atoms with Gasteiger partial charge < -0.3 is 9.30 Å². The van der Waals surface area contributed by atoms with Gasteiger partial charge in [-0.05, 0) is 25.2 Å². The molecule has 1 fully saturated rings. The lowest BCUT2D eigenvalue weighted by atomic mass is 10.00. The SMILES string of the molecule is CC(C)Cn1ncc2c1CCc1sc(=NC(=O)C3CCOC3)n(C)c1-2. The number of fused-ring (bicyclic) bond motifs is 3. The summed E-state index contributed by atoms with van der Waals surface area (Å²) < 4.78 is 9.51. The number of nitrogens with zero attached hydrogens (tertiary/aromatic N) is 4. The Bertz CT molecular complexity index is 868. The van der Waals surface area contributed by atoms with E-state index >= 15 is 0 Å². The zero-order chi connectivity index (χ0) is 17.6. The van der Waals surface area contributed by atoms with E-state index in [9.17, 15) is 4.79 Å². The number of hydrogen-bond acceptors (Lipinski definition) is 4. The van der Waals surface area contributed by atoms with Gasteiger partial charge in [-0.2, -0.15) is 10.1 Å². The summed E-state index contributed by atoms with van der Waals surface area (Å²) in [5, 5.41) is 4.61. The van der Waals surface area contributed by atoms with Crippen molar-refractivity contribution in [2.24, 2.45) is 23.9 Å². The fourth-order valence-electron chi connectivity index (χ4n) is 3.63. The van der Waals surface area contributed by atoms with Crippen LogP contribution < -0.4 is 4.80 Å². The van der Waals surface area contributed by atoms with Gasteiger partial charge in [0.15, 0.2) is 4.80 Å². The molecule has 3 heterocycles. The third-order valence-corrected chi connectivity index (χ3v) is 6.11. The molecule has 7 heteroatoms. The summed E-state index contributed by atoms with van der Waals surface area (Å²) in [6, 6.07) is 0. The maximum Gasteiger partial charge on any atom is 0.253 e. The van der Waals surface area contributed by atoms with Crippen molar-refractivity contribution in [2.45, 2.75) is 39.7 Å². The van der Waals surface area contributed by atoms with Crippen LogP contribution in [0.1, 0.15) is 30.8 Å². The van der Waals surface area contributed by atoms with Gasteiger partial charge in [0.25, 0.3) is 5.91 Å². The van der Waals surface area contributed by atoms with E-state index in [2.05, 4.69) is 33.2 Å². The zero-order valence-electron chi connectivity index (χ0n) is 15.0. The molecule has 2 aromatic heterocycles. The van der Waals surface area contributed by atoms with E-state index in [1.165, 1.54) is 21.8 Å². The number of aryl methyl sites for hydroxylation is 1. The van der Waals surface area contributed by atoms with Crippen LogP contribution in [-0.2, 0) is 36.0 Å². The minimum Gasteiger partial charge on any atom is -0.381 e. The average Bonchev–Trinajstić information content (AvgIpc) is 3.28. The highest BCUT2D eigenvalue weighted by atomic mass is 32.1. The molecule has 0 radical (unpaired) electrons. The number of amides is 1. The van der Waals surface area contributed by atoms with Crippen LogP contribution in [0.25, 0.3) is 11.3 Å². The third-order valence-electron chi connectivity index (χ3n) is 4.92. The lowest BCUT2D eigenvalue weighted by Gasteiger charge is -2.16. The first-order valence-corrected chi connectivity index (χ1v) is 9.76. The van der Waals surface area contributed by atoms with Crippen LogP contribution in [0.3, 0.4) is 0 Å². The minimum absolute atomic E-state index is 0.0533. The maximum atomic E-state index is 12.4. The highest BCUT2D eigenvalue weighted by Crippen LogP contribution is 2.34. The number of carbonyl (C=O) groups is 1. The summed E-state index contributed by atoms with van der Waals surface area (Å²) >= 11 is 1.63. The molecule has 0 N–H and O–H groups in total. The molecule has 2 aromatic rings. The zero-order valence-corrected chi connectivity index (χ0v) is 15.8. The molecule has 4 rings (SSSR count). The fraction of sp³-hybridized carbons (Fsp3) is 0.611. The average molecular weight is 360 g/mol. The molecule has 1 unspecified atom stereocenters. The Hall–Kier alpha value is -1.73. The lowest BCUT2D eigenvalue weighted by molar-refractivity contribution is -0.121. The fourth-order valence-corrected chi connectivity index (χ4v) is 4.76. The Kier molecular flexibility index (Phi) is 4.37. The number of ether oxygens (including phenoxy) is 1. The van der Waals surface area contributed by atoms with Crippen molar-refractivity contribution in [1.29, 1.82) is 0 Å². The van der Waals surface area contributed by atoms with Gasteiger partial charge in [-0.1, -0.05) is 13.8 Å². The van der Waals surface area contributed by atoms with Crippen LogP contribution in [-0.4, -0.2) is 33.5 Å². The van der Waals surface area contributed by atoms with Crippen molar-refractivity contribution in [1.82, 2.24) is 14.3 Å². The Balaban J connectivity index is 1.72. The topological polar surface area (TPSA) is 61.4 Å². The summed E-state index contributed by atoms with van der Waals surface area (Å²) in [4.78, 5) is 18.9. The number of rotatable bonds is 3. The molecule has 0 spiro atoms. The normalized spacial score (nSPS) is 20.2. The molecule has 0 bridgehead atoms. The lowest BCUT2D eigenvalue weighted by Crippen LogP contribution is -2.19. The standard InChI is InChI=1S/C18H24N4O2S/c1-11(2)9-22-14-4-5-15-16(13(14)8-19-22)21(3)18(25-15)20-17(23)12-6-7-24-10-12/h8,11-12H,4-7,9-10H2,1-3H3. The van der Waals surface area contributed by atoms with Crippen LogP contribution in [0.15, 0.2) is 11.2 Å². The summed E-state index contributed by atoms with van der Waals surface area (Å²) in [6.07, 6.45) is 4.74. The minimum atomic E-state index is -0.0801. The van der Waals surface area contributed by atoms with Crippen LogP contribution in [0.4, 0.5) is 0 Å². The summed E-state index contributed by atoms with van der Waals surface area (Å²) in [5.74, 6) is 0.435. The van der Waals surface area contributed by atoms with E-state index < -0.39 is 0 Å². The first-order chi connectivity index (χ1) is 12.0. The van der Waals surface area contributed by atoms with E-state index in [1.54, 1.807) is 11.3 Å². The van der Waals surface area contributed by atoms with E-state index in [1.807, 2.05) is 13.2 Å². The van der Waals surface area contributed by atoms with Gasteiger partial charge in [-0.15, -0.1) is 11.3 Å². The van der Waals surface area contributed by atoms with Crippen molar-refractivity contribution in [3.05, 3.63) is 21.6 Å². The second-order valence-corrected chi connectivity index (χ2v) is 8.37. The molecule has 1 atom stereocenters. The summed E-state index contributed by atoms with van der Waals surface area (Å²) in [5.41, 5.74) is 3.67. The highest BCUT2D eigenvalue weighted by molar-refractivity contribution is 7.09. The second kappa shape index (κ2) is 6.53. The Morgan fingerprint density at radius 2 is 2.32 bits per heavy atom. The molecule has 1 saturated heterocycles. The number of hydrogen-bond donors (Lipinski definition) is 0. The van der Waals surface area contributed by atoms with E-state index in [4.69, 9.17) is 4.74 Å². The van der Waals surface area contributed by atoms with Gasteiger partial charge in [0.1, 0.15) is 0 Å². The van der Waals surface area contributed by atoms with Crippen LogP contribution in [0.5, 0.6) is 0 Å². The molecular formula is C18H24N4O2S. The smallest absolute Gasteiger partial charge is 0.253 e. The number of thiazole rings is 1. The molecule has 134 valence electrons. The largest absolute Gasteiger partial charge is 0.381 e. The van der Waals surface area contributed by atoms with Gasteiger partial charge in [-0.25, -0.2) is 0 Å². The van der Waals surface area contributed by atoms with Gasteiger partial charge >= 0.3 is 0 Å². The van der Waals surface area contributed by atoms with Crippen molar-refractivity contribution in [2.75, 3.05) is 13.2 Å². The van der Waals surface area contributed by atoms with Crippen molar-refractivity contribution >= 4 is 17.2 Å². The van der Waals surface area contributed by atoms with Crippen LogP contribution >= 0.6 is 11.3 Å². The highest BCUT2D eigenvalue weighted by Gasteiger charge is 2.27.